The van der Waals surface area contributed by atoms with Crippen molar-refractivity contribution in [3.8, 4) is 0 Å². The zero-order valence-electron chi connectivity index (χ0n) is 59.5. The van der Waals surface area contributed by atoms with Crippen molar-refractivity contribution >= 4 is 19.8 Å². The van der Waals surface area contributed by atoms with Crippen molar-refractivity contribution in [3.05, 3.63) is 134 Å². The summed E-state index contributed by atoms with van der Waals surface area (Å²) in [7, 11) is -4.41. The number of hydrogen-bond acceptors (Lipinski definition) is 8. The van der Waals surface area contributed by atoms with E-state index in [2.05, 4.69) is 148 Å². The fourth-order valence-corrected chi connectivity index (χ4v) is 11.5. The van der Waals surface area contributed by atoms with Gasteiger partial charge in [-0.15, -0.1) is 0 Å². The molecule has 0 radical (unpaired) electrons. The minimum Gasteiger partial charge on any atom is -0.462 e. The second-order valence-electron chi connectivity index (χ2n) is 25.1. The number of hydrogen-bond donors (Lipinski definition) is 2. The Morgan fingerprint density at radius 2 is 0.598 bits per heavy atom. The van der Waals surface area contributed by atoms with Gasteiger partial charge in [0.05, 0.1) is 13.2 Å². The third-order valence-corrected chi connectivity index (χ3v) is 17.3. The number of nitrogens with two attached hydrogens (primary N) is 1. The van der Waals surface area contributed by atoms with E-state index >= 15 is 0 Å². The van der Waals surface area contributed by atoms with Gasteiger partial charge in [-0.2, -0.15) is 0 Å². The first-order chi connectivity index (χ1) is 45.3. The zero-order chi connectivity index (χ0) is 66.5. The number of phosphoric acid groups is 1. The first-order valence-corrected chi connectivity index (χ1v) is 39.7. The molecule has 0 aromatic carbocycles. The second kappa shape index (κ2) is 76.2. The summed E-state index contributed by atoms with van der Waals surface area (Å²) in [5.41, 5.74) is 5.41. The maximum Gasteiger partial charge on any atom is 0.472 e. The molecule has 0 amide bonds. The Morgan fingerprint density at radius 1 is 0.337 bits per heavy atom. The van der Waals surface area contributed by atoms with Crippen molar-refractivity contribution in [2.45, 2.75) is 347 Å². The van der Waals surface area contributed by atoms with Gasteiger partial charge in [-0.05, 0) is 96.3 Å². The van der Waals surface area contributed by atoms with Crippen LogP contribution in [0.2, 0.25) is 0 Å². The van der Waals surface area contributed by atoms with Gasteiger partial charge < -0.3 is 20.1 Å². The Morgan fingerprint density at radius 3 is 0.891 bits per heavy atom. The van der Waals surface area contributed by atoms with Gasteiger partial charge in [-0.3, -0.25) is 18.6 Å². The monoisotopic (exact) mass is 1300 g/mol. The zero-order valence-corrected chi connectivity index (χ0v) is 60.4. The van der Waals surface area contributed by atoms with Crippen LogP contribution in [0, 0.1) is 0 Å². The molecule has 0 heterocycles. The van der Waals surface area contributed by atoms with E-state index in [0.29, 0.717) is 6.42 Å². The summed E-state index contributed by atoms with van der Waals surface area (Å²) in [6.45, 7) is 3.64. The van der Waals surface area contributed by atoms with E-state index in [1.165, 1.54) is 186 Å². The first-order valence-electron chi connectivity index (χ1n) is 38.2. The molecular formula is C82H142NO8P. The lowest BCUT2D eigenvalue weighted by Crippen LogP contribution is -2.29. The Kier molecular flexibility index (Phi) is 73.0. The van der Waals surface area contributed by atoms with E-state index in [-0.39, 0.29) is 38.6 Å². The van der Waals surface area contributed by atoms with Crippen LogP contribution in [-0.4, -0.2) is 49.3 Å². The van der Waals surface area contributed by atoms with Crippen LogP contribution in [0.4, 0.5) is 0 Å². The molecule has 10 heteroatoms. The van der Waals surface area contributed by atoms with Crippen molar-refractivity contribution in [2.24, 2.45) is 5.73 Å². The number of phosphoric ester groups is 1. The molecule has 528 valence electrons. The van der Waals surface area contributed by atoms with Crippen molar-refractivity contribution in [1.29, 1.82) is 0 Å². The number of rotatable bonds is 71. The van der Waals surface area contributed by atoms with Gasteiger partial charge in [0.1, 0.15) is 6.61 Å². The lowest BCUT2D eigenvalue weighted by Gasteiger charge is -2.19. The van der Waals surface area contributed by atoms with Gasteiger partial charge >= 0.3 is 19.8 Å². The normalized spacial score (nSPS) is 13.7. The van der Waals surface area contributed by atoms with Crippen molar-refractivity contribution in [3.63, 3.8) is 0 Å². The molecule has 0 aliphatic rings. The quantitative estimate of drug-likeness (QED) is 0.0264. The van der Waals surface area contributed by atoms with Crippen LogP contribution in [0.3, 0.4) is 0 Å². The average molecular weight is 1300 g/mol. The third kappa shape index (κ3) is 75.2. The number of ether oxygens (including phenoxy) is 2. The van der Waals surface area contributed by atoms with Crippen LogP contribution >= 0.6 is 7.82 Å². The number of esters is 2. The largest absolute Gasteiger partial charge is 0.472 e. The lowest BCUT2D eigenvalue weighted by atomic mass is 10.0. The van der Waals surface area contributed by atoms with Gasteiger partial charge in [-0.1, -0.05) is 366 Å². The molecule has 92 heavy (non-hydrogen) atoms. The minimum absolute atomic E-state index is 0.0450. The lowest BCUT2D eigenvalue weighted by molar-refractivity contribution is -0.161. The van der Waals surface area contributed by atoms with Crippen LogP contribution in [0.5, 0.6) is 0 Å². The Bertz CT molecular complexity index is 1980. The summed E-state index contributed by atoms with van der Waals surface area (Å²) in [6.07, 6.45) is 109. The van der Waals surface area contributed by atoms with E-state index < -0.39 is 26.5 Å². The van der Waals surface area contributed by atoms with Crippen molar-refractivity contribution in [1.82, 2.24) is 0 Å². The molecule has 0 rings (SSSR count). The molecule has 0 aliphatic heterocycles. The van der Waals surface area contributed by atoms with Crippen LogP contribution in [0.1, 0.15) is 341 Å². The summed E-state index contributed by atoms with van der Waals surface area (Å²) in [4.78, 5) is 35.4. The smallest absolute Gasteiger partial charge is 0.462 e. The fraction of sp³-hybridized carbons (Fsp3) is 0.707. The maximum atomic E-state index is 12.8. The number of allylic oxidation sites excluding steroid dienone is 22. The van der Waals surface area contributed by atoms with Gasteiger partial charge in [0, 0.05) is 19.4 Å². The topological polar surface area (TPSA) is 134 Å². The predicted octanol–water partition coefficient (Wildman–Crippen LogP) is 25.6. The molecule has 0 spiro atoms. The van der Waals surface area contributed by atoms with E-state index in [0.717, 1.165) is 122 Å². The molecule has 0 saturated heterocycles. The van der Waals surface area contributed by atoms with Crippen LogP contribution in [0.15, 0.2) is 134 Å². The Balaban J connectivity index is 3.93. The highest BCUT2D eigenvalue weighted by Crippen LogP contribution is 2.43. The Labute approximate surface area is 567 Å². The highest BCUT2D eigenvalue weighted by molar-refractivity contribution is 7.47. The molecule has 0 fully saturated rings. The molecule has 0 aromatic rings. The molecule has 9 nitrogen and oxygen atoms in total. The summed E-state index contributed by atoms with van der Waals surface area (Å²) < 4.78 is 33.2. The molecular weight excluding hydrogens is 1160 g/mol. The predicted molar refractivity (Wildman–Crippen MR) is 399 cm³/mol. The number of carbonyl (C=O) groups is 2. The fourth-order valence-electron chi connectivity index (χ4n) is 10.7. The maximum absolute atomic E-state index is 12.8. The van der Waals surface area contributed by atoms with Crippen LogP contribution in [0.25, 0.3) is 0 Å². The second-order valence-corrected chi connectivity index (χ2v) is 26.6. The summed E-state index contributed by atoms with van der Waals surface area (Å²) in [5, 5.41) is 0. The third-order valence-electron chi connectivity index (χ3n) is 16.3. The number of carbonyl (C=O) groups excluding carboxylic acids is 2. The van der Waals surface area contributed by atoms with Crippen LogP contribution < -0.4 is 5.73 Å². The summed E-state index contributed by atoms with van der Waals surface area (Å²) >= 11 is 0. The van der Waals surface area contributed by atoms with Gasteiger partial charge in [-0.25, -0.2) is 4.57 Å². The van der Waals surface area contributed by atoms with Crippen LogP contribution in [-0.2, 0) is 32.7 Å². The molecule has 0 saturated carbocycles. The summed E-state index contributed by atoms with van der Waals surface area (Å²) in [6, 6.07) is 0. The molecule has 2 atom stereocenters. The standard InChI is InChI=1S/C82H142NO8P/c1-3-5-7-9-11-13-15-17-19-21-23-25-27-29-31-33-35-37-38-39-40-41-42-43-45-47-49-51-53-55-57-59-61-63-65-67-69-71-73-75-82(85)91-80(79-90-92(86,87)89-77-76-83)78-88-81(84)74-72-70-68-66-64-62-60-58-56-54-52-50-48-46-44-36-34-32-30-28-26-24-22-20-18-16-14-12-10-8-6-4-2/h5,7,11,13,17,19,23,25,29,31,35,37,39-40,42-43,47,49,53,55,59,61,80H,3-4,6,8-10,12,14-16,18,20-22,24,26-28,30,32-34,36,38,41,44-46,48,50-52,54,56-58,60,62-79,83H2,1-2H3,(H,86,87)/b7-5-,13-11-,19-17-,25-23-,31-29-,37-35-,40-39-,43-42-,49-47-,55-53-,61-59-. The molecule has 2 unspecified atom stereocenters. The molecule has 0 aliphatic carbocycles. The average Bonchev–Trinajstić information content (AvgIpc) is 3.08. The molecule has 0 aromatic heterocycles. The van der Waals surface area contributed by atoms with E-state index in [1.54, 1.807) is 0 Å². The van der Waals surface area contributed by atoms with Gasteiger partial charge in [0.25, 0.3) is 0 Å². The minimum atomic E-state index is -4.41. The van der Waals surface area contributed by atoms with Crippen molar-refractivity contribution in [2.75, 3.05) is 26.4 Å². The summed E-state index contributed by atoms with van der Waals surface area (Å²) in [5.74, 6) is -0.845. The highest BCUT2D eigenvalue weighted by atomic mass is 31.2. The Hall–Kier alpha value is -3.85. The van der Waals surface area contributed by atoms with E-state index in [9.17, 15) is 19.0 Å². The number of unbranched alkanes of at least 4 members (excludes halogenated alkanes) is 36. The molecule has 3 N–H and O–H groups in total. The highest BCUT2D eigenvalue weighted by Gasteiger charge is 2.26. The molecule has 0 bridgehead atoms. The van der Waals surface area contributed by atoms with E-state index in [1.807, 2.05) is 0 Å². The van der Waals surface area contributed by atoms with Crippen molar-refractivity contribution < 1.29 is 37.6 Å². The van der Waals surface area contributed by atoms with Gasteiger partial charge in [0.15, 0.2) is 6.10 Å². The first kappa shape index (κ1) is 88.2. The van der Waals surface area contributed by atoms with Gasteiger partial charge in [0.2, 0.25) is 0 Å². The van der Waals surface area contributed by atoms with E-state index in [4.69, 9.17) is 24.3 Å². The SMILES string of the molecule is CC/C=C\C/C=C\C/C=C\C/C=C\C/C=C\C/C=C\C/C=C\C/C=C\C/C=C\C/C=C\C/C=C\CCCCCCCC(=O)OC(COC(=O)CCCCCCCCCCCCCCCCCCCCCCCCCCCCCCCCCC)COP(=O)(O)OCCN.